The number of rotatable bonds is 5. The van der Waals surface area contributed by atoms with Gasteiger partial charge < -0.3 is 15.8 Å². The molecule has 1 aromatic rings. The van der Waals surface area contributed by atoms with Crippen LogP contribution in [0.3, 0.4) is 0 Å². The normalized spacial score (nSPS) is 25.2. The van der Waals surface area contributed by atoms with Gasteiger partial charge in [0.15, 0.2) is 0 Å². The van der Waals surface area contributed by atoms with Crippen LogP contribution in [0.25, 0.3) is 0 Å². The van der Waals surface area contributed by atoms with E-state index in [4.69, 9.17) is 10.5 Å². The van der Waals surface area contributed by atoms with Gasteiger partial charge in [0.05, 0.1) is 6.10 Å². The number of ether oxygens (including phenoxy) is 1. The molecule has 3 heteroatoms. The molecule has 2 fully saturated rings. The minimum Gasteiger partial charge on any atom is -0.399 e. The van der Waals surface area contributed by atoms with E-state index in [9.17, 15) is 0 Å². The van der Waals surface area contributed by atoms with Gasteiger partial charge in [0.2, 0.25) is 0 Å². The summed E-state index contributed by atoms with van der Waals surface area (Å²) in [5.41, 5.74) is 8.40. The minimum atomic E-state index is 0.363. The topological polar surface area (TPSA) is 47.3 Å². The monoisotopic (exact) mass is 260 g/mol. The lowest BCUT2D eigenvalue weighted by Crippen LogP contribution is -2.36. The van der Waals surface area contributed by atoms with Crippen molar-refractivity contribution in [2.24, 2.45) is 0 Å². The van der Waals surface area contributed by atoms with E-state index in [1.54, 1.807) is 0 Å². The smallest absolute Gasteiger partial charge is 0.0699 e. The molecule has 2 aliphatic rings. The van der Waals surface area contributed by atoms with Crippen molar-refractivity contribution in [3.63, 3.8) is 0 Å². The van der Waals surface area contributed by atoms with Gasteiger partial charge in [0, 0.05) is 30.8 Å². The van der Waals surface area contributed by atoms with Crippen LogP contribution in [-0.2, 0) is 10.2 Å². The Morgan fingerprint density at radius 2 is 2.00 bits per heavy atom. The van der Waals surface area contributed by atoms with Crippen LogP contribution in [0.15, 0.2) is 24.3 Å². The maximum atomic E-state index is 5.76. The van der Waals surface area contributed by atoms with Gasteiger partial charge in [-0.1, -0.05) is 12.1 Å². The molecule has 19 heavy (non-hydrogen) atoms. The van der Waals surface area contributed by atoms with Crippen molar-refractivity contribution < 1.29 is 4.74 Å². The summed E-state index contributed by atoms with van der Waals surface area (Å²) in [5, 5.41) is 3.61. The molecule has 1 aliphatic heterocycles. The Morgan fingerprint density at radius 1 is 1.21 bits per heavy atom. The quantitative estimate of drug-likeness (QED) is 0.800. The number of nitrogen functional groups attached to an aromatic ring is 1. The van der Waals surface area contributed by atoms with E-state index in [-0.39, 0.29) is 0 Å². The second-order valence-electron chi connectivity index (χ2n) is 6.02. The van der Waals surface area contributed by atoms with E-state index in [2.05, 4.69) is 17.4 Å². The van der Waals surface area contributed by atoms with Crippen molar-refractivity contribution in [1.82, 2.24) is 5.32 Å². The highest BCUT2D eigenvalue weighted by molar-refractivity contribution is 5.43. The fourth-order valence-corrected chi connectivity index (χ4v) is 3.00. The number of nitrogens with two attached hydrogens (primary N) is 1. The standard InChI is InChI=1S/C16H24N2O/c17-14-6-4-13(5-7-14)16(8-9-16)12-18-11-15-3-1-2-10-19-15/h4-7,15,18H,1-3,8-12,17H2. The number of hydrogen-bond acceptors (Lipinski definition) is 3. The van der Waals surface area contributed by atoms with Gasteiger partial charge in [-0.25, -0.2) is 0 Å². The molecule has 104 valence electrons. The van der Waals surface area contributed by atoms with E-state index < -0.39 is 0 Å². The van der Waals surface area contributed by atoms with Crippen LogP contribution < -0.4 is 11.1 Å². The highest BCUT2D eigenvalue weighted by atomic mass is 16.5. The molecule has 1 unspecified atom stereocenters. The summed E-state index contributed by atoms with van der Waals surface area (Å²) in [6.45, 7) is 3.00. The summed E-state index contributed by atoms with van der Waals surface area (Å²) in [5.74, 6) is 0. The number of anilines is 1. The summed E-state index contributed by atoms with van der Waals surface area (Å²) < 4.78 is 5.76. The van der Waals surface area contributed by atoms with Crippen molar-refractivity contribution in [2.75, 3.05) is 25.4 Å². The van der Waals surface area contributed by atoms with Gasteiger partial charge in [0.1, 0.15) is 0 Å². The molecule has 3 N–H and O–H groups in total. The maximum Gasteiger partial charge on any atom is 0.0699 e. The molecule has 1 aromatic carbocycles. The van der Waals surface area contributed by atoms with E-state index >= 15 is 0 Å². The lowest BCUT2D eigenvalue weighted by Gasteiger charge is -2.24. The first-order valence-electron chi connectivity index (χ1n) is 7.47. The number of nitrogens with one attached hydrogen (secondary N) is 1. The number of benzene rings is 1. The van der Waals surface area contributed by atoms with E-state index in [0.29, 0.717) is 11.5 Å². The Kier molecular flexibility index (Phi) is 3.76. The molecule has 1 saturated carbocycles. The molecule has 0 bridgehead atoms. The SMILES string of the molecule is Nc1ccc(C2(CNCC3CCCCO3)CC2)cc1. The predicted molar refractivity (Wildman–Crippen MR) is 78.2 cm³/mol. The minimum absolute atomic E-state index is 0.363. The second kappa shape index (κ2) is 5.51. The highest BCUT2D eigenvalue weighted by Crippen LogP contribution is 2.47. The van der Waals surface area contributed by atoms with Crippen LogP contribution in [0.5, 0.6) is 0 Å². The van der Waals surface area contributed by atoms with Crippen LogP contribution >= 0.6 is 0 Å². The van der Waals surface area contributed by atoms with Gasteiger partial charge in [-0.2, -0.15) is 0 Å². The second-order valence-corrected chi connectivity index (χ2v) is 6.02. The van der Waals surface area contributed by atoms with Gasteiger partial charge >= 0.3 is 0 Å². The molecule has 3 nitrogen and oxygen atoms in total. The zero-order valence-electron chi connectivity index (χ0n) is 11.5. The summed E-state index contributed by atoms with van der Waals surface area (Å²) >= 11 is 0. The average molecular weight is 260 g/mol. The molecule has 1 aliphatic carbocycles. The average Bonchev–Trinajstić information content (AvgIpc) is 3.22. The first-order chi connectivity index (χ1) is 9.28. The molecule has 0 radical (unpaired) electrons. The third-order valence-electron chi connectivity index (χ3n) is 4.49. The molecule has 1 heterocycles. The highest BCUT2D eigenvalue weighted by Gasteiger charge is 2.43. The van der Waals surface area contributed by atoms with E-state index in [1.165, 1.54) is 37.7 Å². The fourth-order valence-electron chi connectivity index (χ4n) is 3.00. The van der Waals surface area contributed by atoms with Crippen LogP contribution in [0.2, 0.25) is 0 Å². The van der Waals surface area contributed by atoms with Crippen molar-refractivity contribution >= 4 is 5.69 Å². The van der Waals surface area contributed by atoms with Crippen LogP contribution in [0.1, 0.15) is 37.7 Å². The first kappa shape index (κ1) is 12.9. The third-order valence-corrected chi connectivity index (χ3v) is 4.49. The van der Waals surface area contributed by atoms with Crippen LogP contribution in [0.4, 0.5) is 5.69 Å². The Labute approximate surface area is 115 Å². The zero-order chi connectivity index (χ0) is 13.1. The van der Waals surface area contributed by atoms with E-state index in [1.807, 2.05) is 12.1 Å². The lowest BCUT2D eigenvalue weighted by atomic mass is 9.95. The van der Waals surface area contributed by atoms with Crippen LogP contribution in [0, 0.1) is 0 Å². The van der Waals surface area contributed by atoms with Crippen molar-refractivity contribution in [3.05, 3.63) is 29.8 Å². The third kappa shape index (κ3) is 3.10. The molecule has 0 amide bonds. The Balaban J connectivity index is 1.50. The van der Waals surface area contributed by atoms with Crippen LogP contribution in [-0.4, -0.2) is 25.8 Å². The zero-order valence-corrected chi connectivity index (χ0v) is 11.5. The maximum absolute atomic E-state index is 5.76. The Morgan fingerprint density at radius 3 is 2.63 bits per heavy atom. The summed E-state index contributed by atoms with van der Waals surface area (Å²) in [4.78, 5) is 0. The molecule has 1 atom stereocenters. The predicted octanol–water partition coefficient (Wildman–Crippen LogP) is 2.46. The van der Waals surface area contributed by atoms with Crippen molar-refractivity contribution in [3.8, 4) is 0 Å². The number of hydrogen-bond donors (Lipinski definition) is 2. The van der Waals surface area contributed by atoms with Gasteiger partial charge in [-0.15, -0.1) is 0 Å². The Hall–Kier alpha value is -1.06. The van der Waals surface area contributed by atoms with Gasteiger partial charge in [0.25, 0.3) is 0 Å². The van der Waals surface area contributed by atoms with Gasteiger partial charge in [-0.05, 0) is 49.8 Å². The molecule has 3 rings (SSSR count). The van der Waals surface area contributed by atoms with E-state index in [0.717, 1.165) is 25.4 Å². The molecule has 0 aromatic heterocycles. The lowest BCUT2D eigenvalue weighted by molar-refractivity contribution is 0.0167. The van der Waals surface area contributed by atoms with Crippen molar-refractivity contribution in [2.45, 2.75) is 43.6 Å². The van der Waals surface area contributed by atoms with Crippen molar-refractivity contribution in [1.29, 1.82) is 0 Å². The fraction of sp³-hybridized carbons (Fsp3) is 0.625. The molecular formula is C16H24N2O. The molecule has 1 saturated heterocycles. The summed E-state index contributed by atoms with van der Waals surface area (Å²) in [6, 6.07) is 8.39. The molecule has 0 spiro atoms. The Bertz CT molecular complexity index is 405. The largest absolute Gasteiger partial charge is 0.399 e. The summed E-state index contributed by atoms with van der Waals surface area (Å²) in [6.07, 6.45) is 6.75. The first-order valence-corrected chi connectivity index (χ1v) is 7.47. The molecular weight excluding hydrogens is 236 g/mol. The summed E-state index contributed by atoms with van der Waals surface area (Å²) in [7, 11) is 0. The van der Waals surface area contributed by atoms with Gasteiger partial charge in [-0.3, -0.25) is 0 Å².